The predicted octanol–water partition coefficient (Wildman–Crippen LogP) is 9.52. The number of rotatable bonds is 20. The van der Waals surface area contributed by atoms with Crippen molar-refractivity contribution in [3.05, 3.63) is 91.0 Å². The Balaban J connectivity index is 1.59. The molecular formula is C35H50BrO2P. The van der Waals surface area contributed by atoms with Gasteiger partial charge in [0, 0.05) is 0 Å². The summed E-state index contributed by atoms with van der Waals surface area (Å²) < 4.78 is 12.1. The van der Waals surface area contributed by atoms with Crippen LogP contribution in [0.2, 0.25) is 0 Å². The zero-order chi connectivity index (χ0) is 27.7. The van der Waals surface area contributed by atoms with E-state index in [1.54, 1.807) is 0 Å². The molecule has 0 spiro atoms. The molecule has 3 aromatic carbocycles. The normalized spacial score (nSPS) is 12.9. The van der Waals surface area contributed by atoms with Gasteiger partial charge in [0.25, 0.3) is 0 Å². The molecule has 214 valence electrons. The molecule has 0 radical (unpaired) electrons. The Morgan fingerprint density at radius 2 is 0.923 bits per heavy atom. The van der Waals surface area contributed by atoms with Crippen molar-refractivity contribution < 1.29 is 9.47 Å². The van der Waals surface area contributed by atoms with Crippen LogP contribution in [-0.4, -0.2) is 25.7 Å². The van der Waals surface area contributed by atoms with E-state index in [1.807, 2.05) is 0 Å². The van der Waals surface area contributed by atoms with E-state index in [9.17, 15) is 0 Å². The molecule has 3 aromatic rings. The van der Waals surface area contributed by atoms with Gasteiger partial charge in [-0.3, -0.25) is 0 Å². The molecule has 0 fully saturated rings. The molecule has 0 N–H and O–H groups in total. The predicted molar refractivity (Wildman–Crippen MR) is 177 cm³/mol. The monoisotopic (exact) mass is 612 g/mol. The molecule has 0 aromatic heterocycles. The van der Waals surface area contributed by atoms with Crippen LogP contribution in [0.25, 0.3) is 0 Å². The smallest absolute Gasteiger partial charge is 0.0653 e. The van der Waals surface area contributed by atoms with Gasteiger partial charge in [0.2, 0.25) is 0 Å². The van der Waals surface area contributed by atoms with Gasteiger partial charge in [0.05, 0.1) is 0 Å². The van der Waals surface area contributed by atoms with Crippen molar-refractivity contribution in [1.29, 1.82) is 0 Å². The van der Waals surface area contributed by atoms with Crippen LogP contribution in [-0.2, 0) is 9.47 Å². The van der Waals surface area contributed by atoms with Crippen molar-refractivity contribution in [1.82, 2.24) is 0 Å². The summed E-state index contributed by atoms with van der Waals surface area (Å²) >= 11 is 4.58. The number of benzene rings is 3. The van der Waals surface area contributed by atoms with E-state index in [4.69, 9.17) is 9.47 Å². The van der Waals surface area contributed by atoms with Gasteiger partial charge in [-0.05, 0) is 0 Å². The molecule has 0 saturated carbocycles. The van der Waals surface area contributed by atoms with E-state index in [-0.39, 0.29) is 6.29 Å². The zero-order valence-corrected chi connectivity index (χ0v) is 26.8. The molecule has 0 aliphatic carbocycles. The van der Waals surface area contributed by atoms with Gasteiger partial charge in [0.1, 0.15) is 0 Å². The minimum absolute atomic E-state index is 0.0229. The van der Waals surface area contributed by atoms with E-state index in [2.05, 4.69) is 120 Å². The summed E-state index contributed by atoms with van der Waals surface area (Å²) in [6.45, 7) is 6.05. The van der Waals surface area contributed by atoms with Crippen LogP contribution in [0.1, 0.15) is 84.5 Å². The van der Waals surface area contributed by atoms with E-state index in [0.29, 0.717) is 0 Å². The van der Waals surface area contributed by atoms with Crippen LogP contribution in [0.15, 0.2) is 91.0 Å². The molecule has 0 atom stereocenters. The molecule has 39 heavy (non-hydrogen) atoms. The molecule has 4 heteroatoms. The molecule has 3 rings (SSSR count). The summed E-state index contributed by atoms with van der Waals surface area (Å²) in [6, 6.07) is 33.5. The average molecular weight is 614 g/mol. The van der Waals surface area contributed by atoms with Gasteiger partial charge >= 0.3 is 221 Å². The van der Waals surface area contributed by atoms with Gasteiger partial charge in [-0.25, -0.2) is 0 Å². The number of ether oxygens (including phenoxy) is 2. The number of unbranched alkanes of at least 4 members (excludes halogenated alkanes) is 7. The van der Waals surface area contributed by atoms with E-state index in [1.165, 1.54) is 67.3 Å². The molecule has 0 saturated heterocycles. The summed E-state index contributed by atoms with van der Waals surface area (Å²) in [6.07, 6.45) is 14.1. The first-order chi connectivity index (χ1) is 19.1. The molecule has 0 unspecified atom stereocenters. The van der Waals surface area contributed by atoms with Crippen LogP contribution in [0.3, 0.4) is 0 Å². The Morgan fingerprint density at radius 1 is 0.538 bits per heavy atom. The first-order valence-corrected chi connectivity index (χ1v) is 19.7. The third kappa shape index (κ3) is 8.99. The fraction of sp³-hybridized carbons (Fsp3) is 0.486. The molecule has 0 amide bonds. The van der Waals surface area contributed by atoms with Crippen molar-refractivity contribution in [2.24, 2.45) is 0 Å². The second-order valence-electron chi connectivity index (χ2n) is 10.7. The van der Waals surface area contributed by atoms with Crippen molar-refractivity contribution in [3.63, 3.8) is 0 Å². The third-order valence-corrected chi connectivity index (χ3v) is 17.8. The summed E-state index contributed by atoms with van der Waals surface area (Å²) in [5.74, 6) is 0. The molecular weight excluding hydrogens is 563 g/mol. The van der Waals surface area contributed by atoms with Crippen LogP contribution in [0.4, 0.5) is 0 Å². The van der Waals surface area contributed by atoms with Crippen LogP contribution in [0.5, 0.6) is 0 Å². The molecule has 2 nitrogen and oxygen atoms in total. The van der Waals surface area contributed by atoms with Gasteiger partial charge in [-0.2, -0.15) is 0 Å². The Morgan fingerprint density at radius 3 is 1.33 bits per heavy atom. The summed E-state index contributed by atoms with van der Waals surface area (Å²) in [7, 11) is 0. The molecule has 0 aliphatic heterocycles. The Kier molecular flexibility index (Phi) is 14.2. The second kappa shape index (κ2) is 17.3. The SMILES string of the molecule is CCCCOC(CCCCCCCCP(Br)(c1ccccc1)(c1ccccc1)c1ccccc1)OCCCC. The minimum Gasteiger partial charge on any atom is -0.0653 e. The number of hydrogen-bond donors (Lipinski definition) is 0. The molecule has 0 bridgehead atoms. The Bertz CT molecular complexity index is 919. The maximum absolute atomic E-state index is 6.03. The van der Waals surface area contributed by atoms with Crippen molar-refractivity contribution in [2.75, 3.05) is 19.4 Å². The molecule has 0 heterocycles. The standard InChI is InChI=1S/C35H50BrO2P/c1-3-5-29-37-35(38-30-6-4-2)28-20-9-7-8-10-21-31-39(36,32-22-14-11-15-23-32,33-24-16-12-17-25-33)34-26-18-13-19-27-34/h11-19,22-27,35H,3-10,20-21,28-31H2,1-2H3. The molecule has 0 aliphatic rings. The van der Waals surface area contributed by atoms with Gasteiger partial charge < -0.3 is 0 Å². The zero-order valence-electron chi connectivity index (χ0n) is 24.3. The van der Waals surface area contributed by atoms with Gasteiger partial charge in [0.15, 0.2) is 0 Å². The minimum atomic E-state index is -2.78. The van der Waals surface area contributed by atoms with E-state index < -0.39 is 5.31 Å². The van der Waals surface area contributed by atoms with Crippen LogP contribution >= 0.6 is 20.8 Å². The van der Waals surface area contributed by atoms with E-state index >= 15 is 0 Å². The van der Waals surface area contributed by atoms with Crippen molar-refractivity contribution in [2.45, 2.75) is 90.8 Å². The fourth-order valence-electron chi connectivity index (χ4n) is 5.41. The van der Waals surface area contributed by atoms with Crippen LogP contribution < -0.4 is 15.9 Å². The first-order valence-electron chi connectivity index (χ1n) is 15.3. The van der Waals surface area contributed by atoms with Crippen LogP contribution in [0, 0.1) is 0 Å². The Hall–Kier alpha value is -1.51. The quantitative estimate of drug-likeness (QED) is 0.0718. The maximum atomic E-state index is 6.03. The fourth-order valence-corrected chi connectivity index (χ4v) is 13.2. The number of halogens is 1. The summed E-state index contributed by atoms with van der Waals surface area (Å²) in [5.41, 5.74) is 0. The van der Waals surface area contributed by atoms with Crippen molar-refractivity contribution >= 4 is 36.7 Å². The topological polar surface area (TPSA) is 18.5 Å². The van der Waals surface area contributed by atoms with Crippen molar-refractivity contribution in [3.8, 4) is 0 Å². The van der Waals surface area contributed by atoms with Gasteiger partial charge in [-0.15, -0.1) is 0 Å². The number of hydrogen-bond acceptors (Lipinski definition) is 2. The van der Waals surface area contributed by atoms with E-state index in [0.717, 1.165) is 38.6 Å². The summed E-state index contributed by atoms with van der Waals surface area (Å²) in [5, 5.41) is 1.46. The Labute approximate surface area is 246 Å². The summed E-state index contributed by atoms with van der Waals surface area (Å²) in [4.78, 5) is 0. The second-order valence-corrected chi connectivity index (χ2v) is 19.8. The first kappa shape index (κ1) is 32.0. The average Bonchev–Trinajstić information content (AvgIpc) is 2.99. The third-order valence-electron chi connectivity index (χ3n) is 7.75. The van der Waals surface area contributed by atoms with Gasteiger partial charge in [-0.1, -0.05) is 26.7 Å².